The largest absolute Gasteiger partial charge is 0.494 e. The van der Waals surface area contributed by atoms with Gasteiger partial charge >= 0.3 is 0 Å². The van der Waals surface area contributed by atoms with Crippen molar-refractivity contribution in [2.24, 2.45) is 0 Å². The van der Waals surface area contributed by atoms with Crippen LogP contribution in [-0.2, 0) is 9.05 Å². The van der Waals surface area contributed by atoms with E-state index >= 15 is 0 Å². The number of hydrogen-bond acceptors (Lipinski definition) is 4. The molecule has 0 aromatic carbocycles. The fourth-order valence-electron chi connectivity index (χ4n) is 0.984. The maximum atomic E-state index is 12.5. The highest BCUT2D eigenvalue weighted by molar-refractivity contribution is 14.1. The first-order valence-electron chi connectivity index (χ1n) is 3.74. The van der Waals surface area contributed by atoms with E-state index in [0.29, 0.717) is 0 Å². The average molecular weight is 384 g/mol. The van der Waals surface area contributed by atoms with E-state index < -0.39 is 26.1 Å². The van der Waals surface area contributed by atoms with Gasteiger partial charge in [-0.05, 0) is 22.6 Å². The quantitative estimate of drug-likeness (QED) is 0.595. The molecule has 9 heteroatoms. The molecule has 16 heavy (non-hydrogen) atoms. The molecule has 0 saturated carbocycles. The lowest BCUT2D eigenvalue weighted by atomic mass is 10.3. The zero-order valence-corrected chi connectivity index (χ0v) is 11.5. The zero-order valence-electron chi connectivity index (χ0n) is 7.75. The molecular formula is C7H5ClF2INO3S. The number of alkyl halides is 2. The standard InChI is InChI=1S/C7H5ClF2INO3S/c1-15-6-3(16(8,13)14)2-12-5(4(6)11)7(9)10/h2,7H,1H3. The fourth-order valence-corrected chi connectivity index (χ4v) is 2.97. The highest BCUT2D eigenvalue weighted by atomic mass is 127. The molecule has 0 aliphatic rings. The second-order valence-electron chi connectivity index (χ2n) is 2.59. The van der Waals surface area contributed by atoms with Crippen LogP contribution in [0.4, 0.5) is 8.78 Å². The summed E-state index contributed by atoms with van der Waals surface area (Å²) in [6.07, 6.45) is -2.06. The van der Waals surface area contributed by atoms with Gasteiger partial charge in [-0.2, -0.15) is 0 Å². The molecule has 1 rings (SSSR count). The summed E-state index contributed by atoms with van der Waals surface area (Å²) < 4.78 is 51.8. The molecular weight excluding hydrogens is 379 g/mol. The van der Waals surface area contributed by atoms with Crippen LogP contribution in [0.1, 0.15) is 12.1 Å². The topological polar surface area (TPSA) is 56.3 Å². The molecule has 0 unspecified atom stereocenters. The van der Waals surface area contributed by atoms with Gasteiger partial charge in [0.1, 0.15) is 10.6 Å². The first kappa shape index (κ1) is 13.8. The van der Waals surface area contributed by atoms with Crippen molar-refractivity contribution in [1.82, 2.24) is 4.98 Å². The number of aromatic nitrogens is 1. The second kappa shape index (κ2) is 4.96. The molecule has 90 valence electrons. The summed E-state index contributed by atoms with van der Waals surface area (Å²) in [6, 6.07) is 0. The Morgan fingerprint density at radius 1 is 1.56 bits per heavy atom. The lowest BCUT2D eigenvalue weighted by Crippen LogP contribution is -2.04. The molecule has 0 fully saturated rings. The molecule has 0 bridgehead atoms. The molecule has 1 aromatic rings. The van der Waals surface area contributed by atoms with Gasteiger partial charge in [-0.1, -0.05) is 0 Å². The Bertz CT molecular complexity index is 509. The minimum Gasteiger partial charge on any atom is -0.494 e. The van der Waals surface area contributed by atoms with Crippen LogP contribution in [0.2, 0.25) is 0 Å². The molecule has 0 aliphatic heterocycles. The van der Waals surface area contributed by atoms with Gasteiger partial charge in [0.2, 0.25) is 0 Å². The molecule has 0 saturated heterocycles. The van der Waals surface area contributed by atoms with Crippen LogP contribution in [0.3, 0.4) is 0 Å². The third-order valence-corrected chi connectivity index (χ3v) is 4.00. The summed E-state index contributed by atoms with van der Waals surface area (Å²) in [5, 5.41) is 0. The maximum Gasteiger partial charge on any atom is 0.281 e. The lowest BCUT2D eigenvalue weighted by molar-refractivity contribution is 0.144. The summed E-state index contributed by atoms with van der Waals surface area (Å²) in [5.74, 6) is -0.221. The SMILES string of the molecule is COc1c(S(=O)(=O)Cl)cnc(C(F)F)c1I. The maximum absolute atomic E-state index is 12.5. The van der Waals surface area contributed by atoms with E-state index in [2.05, 4.69) is 4.98 Å². The van der Waals surface area contributed by atoms with E-state index in [4.69, 9.17) is 15.4 Å². The monoisotopic (exact) mass is 383 g/mol. The van der Waals surface area contributed by atoms with Crippen LogP contribution in [0.15, 0.2) is 11.1 Å². The van der Waals surface area contributed by atoms with E-state index in [0.717, 1.165) is 13.3 Å². The Labute approximate surface area is 109 Å². The Hall–Kier alpha value is -0.220. The smallest absolute Gasteiger partial charge is 0.281 e. The molecule has 1 aromatic heterocycles. The van der Waals surface area contributed by atoms with Crippen LogP contribution in [0.5, 0.6) is 5.75 Å². The van der Waals surface area contributed by atoms with Gasteiger partial charge in [-0.25, -0.2) is 17.2 Å². The number of nitrogens with zero attached hydrogens (tertiary/aromatic N) is 1. The van der Waals surface area contributed by atoms with Crippen molar-refractivity contribution < 1.29 is 21.9 Å². The van der Waals surface area contributed by atoms with Crippen molar-refractivity contribution in [3.8, 4) is 5.75 Å². The molecule has 4 nitrogen and oxygen atoms in total. The van der Waals surface area contributed by atoms with Crippen LogP contribution in [0.25, 0.3) is 0 Å². The highest BCUT2D eigenvalue weighted by Crippen LogP contribution is 2.35. The summed E-state index contributed by atoms with van der Waals surface area (Å²) >= 11 is 1.53. The molecule has 0 aliphatic carbocycles. The van der Waals surface area contributed by atoms with Gasteiger partial charge in [0, 0.05) is 10.7 Å². The van der Waals surface area contributed by atoms with E-state index in [-0.39, 0.29) is 9.32 Å². The predicted octanol–water partition coefficient (Wildman–Crippen LogP) is 2.56. The Kier molecular flexibility index (Phi) is 4.29. The first-order chi connectivity index (χ1) is 7.29. The van der Waals surface area contributed by atoms with Crippen molar-refractivity contribution in [3.63, 3.8) is 0 Å². The normalized spacial score (nSPS) is 11.9. The number of pyridine rings is 1. The lowest BCUT2D eigenvalue weighted by Gasteiger charge is -2.10. The first-order valence-corrected chi connectivity index (χ1v) is 7.13. The zero-order chi connectivity index (χ0) is 12.5. The summed E-state index contributed by atoms with van der Waals surface area (Å²) in [7, 11) is 2.20. The van der Waals surface area contributed by atoms with E-state index in [1.807, 2.05) is 0 Å². The predicted molar refractivity (Wildman–Crippen MR) is 61.5 cm³/mol. The fraction of sp³-hybridized carbons (Fsp3) is 0.286. The van der Waals surface area contributed by atoms with Gasteiger partial charge in [-0.15, -0.1) is 0 Å². The summed E-state index contributed by atoms with van der Waals surface area (Å²) in [6.45, 7) is 0. The molecule has 0 radical (unpaired) electrons. The Morgan fingerprint density at radius 2 is 2.12 bits per heavy atom. The molecule has 1 heterocycles. The van der Waals surface area contributed by atoms with Gasteiger partial charge in [0.15, 0.2) is 5.75 Å². The summed E-state index contributed by atoms with van der Waals surface area (Å²) in [4.78, 5) is 2.93. The van der Waals surface area contributed by atoms with Crippen LogP contribution >= 0.6 is 33.3 Å². The number of halogens is 4. The van der Waals surface area contributed by atoms with Gasteiger partial charge in [-0.3, -0.25) is 4.98 Å². The van der Waals surface area contributed by atoms with Gasteiger partial charge < -0.3 is 4.74 Å². The van der Waals surface area contributed by atoms with Crippen LogP contribution in [0, 0.1) is 3.57 Å². The number of ether oxygens (including phenoxy) is 1. The van der Waals surface area contributed by atoms with Crippen molar-refractivity contribution >= 4 is 42.3 Å². The number of rotatable bonds is 3. The van der Waals surface area contributed by atoms with Gasteiger partial charge in [0.25, 0.3) is 15.5 Å². The molecule has 0 amide bonds. The minimum atomic E-state index is -4.08. The summed E-state index contributed by atoms with van der Waals surface area (Å²) in [5.41, 5.74) is -0.540. The second-order valence-corrected chi connectivity index (χ2v) is 6.21. The minimum absolute atomic E-state index is 0.0724. The van der Waals surface area contributed by atoms with Crippen molar-refractivity contribution in [1.29, 1.82) is 0 Å². The van der Waals surface area contributed by atoms with E-state index in [1.54, 1.807) is 0 Å². The third kappa shape index (κ3) is 2.72. The van der Waals surface area contributed by atoms with Crippen LogP contribution in [-0.4, -0.2) is 20.5 Å². The highest BCUT2D eigenvalue weighted by Gasteiger charge is 2.25. The molecule has 0 spiro atoms. The third-order valence-electron chi connectivity index (χ3n) is 1.64. The molecule has 0 atom stereocenters. The molecule has 0 N–H and O–H groups in total. The van der Waals surface area contributed by atoms with E-state index in [1.165, 1.54) is 22.6 Å². The number of hydrogen-bond donors (Lipinski definition) is 0. The Balaban J connectivity index is 3.54. The van der Waals surface area contributed by atoms with Crippen molar-refractivity contribution in [2.45, 2.75) is 11.3 Å². The van der Waals surface area contributed by atoms with Gasteiger partial charge in [0.05, 0.1) is 16.9 Å². The Morgan fingerprint density at radius 3 is 2.50 bits per heavy atom. The average Bonchev–Trinajstić information content (AvgIpc) is 2.15. The van der Waals surface area contributed by atoms with Crippen molar-refractivity contribution in [2.75, 3.05) is 7.11 Å². The van der Waals surface area contributed by atoms with Crippen molar-refractivity contribution in [3.05, 3.63) is 15.5 Å². The van der Waals surface area contributed by atoms with Crippen LogP contribution < -0.4 is 4.74 Å². The number of methoxy groups -OCH3 is 1. The van der Waals surface area contributed by atoms with E-state index in [9.17, 15) is 17.2 Å².